The van der Waals surface area contributed by atoms with Crippen molar-refractivity contribution in [3.8, 4) is 0 Å². The SMILES string of the molecule is CC1NN2C(=O)C=C(C3CCC4NNCC4C3)NC2C1c1ccc(Cl)cn1. The van der Waals surface area contributed by atoms with Crippen LogP contribution in [0.1, 0.15) is 37.8 Å². The minimum atomic E-state index is -0.126. The van der Waals surface area contributed by atoms with Gasteiger partial charge >= 0.3 is 0 Å². The van der Waals surface area contributed by atoms with Crippen LogP contribution < -0.4 is 21.6 Å². The Balaban J connectivity index is 1.39. The number of pyridine rings is 1. The van der Waals surface area contributed by atoms with Crippen molar-refractivity contribution in [3.05, 3.63) is 40.8 Å². The fraction of sp³-hybridized carbons (Fsp3) is 0.579. The summed E-state index contributed by atoms with van der Waals surface area (Å²) in [5.41, 5.74) is 12.0. The van der Waals surface area contributed by atoms with Crippen molar-refractivity contribution in [1.82, 2.24) is 31.6 Å². The van der Waals surface area contributed by atoms with Crippen LogP contribution in [0.15, 0.2) is 30.1 Å². The Morgan fingerprint density at radius 2 is 2.19 bits per heavy atom. The lowest BCUT2D eigenvalue weighted by Crippen LogP contribution is -2.54. The second-order valence-corrected chi connectivity index (χ2v) is 8.58. The number of amides is 1. The number of hydrogen-bond acceptors (Lipinski definition) is 6. The Kier molecular flexibility index (Phi) is 4.35. The third-order valence-corrected chi connectivity index (χ3v) is 6.72. The van der Waals surface area contributed by atoms with Crippen LogP contribution >= 0.6 is 11.6 Å². The molecule has 1 aromatic heterocycles. The van der Waals surface area contributed by atoms with Crippen molar-refractivity contribution in [3.63, 3.8) is 0 Å². The molecule has 6 atom stereocenters. The maximum absolute atomic E-state index is 12.8. The summed E-state index contributed by atoms with van der Waals surface area (Å²) in [7, 11) is 0. The zero-order chi connectivity index (χ0) is 18.5. The van der Waals surface area contributed by atoms with Gasteiger partial charge in [0.25, 0.3) is 5.91 Å². The summed E-state index contributed by atoms with van der Waals surface area (Å²) >= 11 is 6.01. The van der Waals surface area contributed by atoms with Gasteiger partial charge < -0.3 is 5.32 Å². The van der Waals surface area contributed by atoms with Gasteiger partial charge in [-0.05, 0) is 50.2 Å². The first-order valence-electron chi connectivity index (χ1n) is 9.77. The first kappa shape index (κ1) is 17.4. The number of aromatic nitrogens is 1. The van der Waals surface area contributed by atoms with E-state index < -0.39 is 0 Å². The van der Waals surface area contributed by atoms with E-state index in [4.69, 9.17) is 11.6 Å². The molecule has 0 spiro atoms. The Labute approximate surface area is 163 Å². The topological polar surface area (TPSA) is 81.3 Å². The van der Waals surface area contributed by atoms with Gasteiger partial charge in [0.1, 0.15) is 6.17 Å². The molecule has 4 N–H and O–H groups in total. The molecule has 2 saturated heterocycles. The molecule has 8 heteroatoms. The predicted octanol–water partition coefficient (Wildman–Crippen LogP) is 1.26. The third-order valence-electron chi connectivity index (χ3n) is 6.50. The number of carbonyl (C=O) groups excluding carboxylic acids is 1. The molecule has 1 aromatic rings. The monoisotopic (exact) mass is 388 g/mol. The number of nitrogens with zero attached hydrogens (tertiary/aromatic N) is 2. The van der Waals surface area contributed by atoms with Crippen molar-refractivity contribution in [2.45, 2.75) is 50.4 Å². The van der Waals surface area contributed by atoms with E-state index in [0.29, 0.717) is 22.9 Å². The summed E-state index contributed by atoms with van der Waals surface area (Å²) < 4.78 is 0. The van der Waals surface area contributed by atoms with Gasteiger partial charge in [0.2, 0.25) is 0 Å². The Morgan fingerprint density at radius 3 is 3.00 bits per heavy atom. The van der Waals surface area contributed by atoms with Gasteiger partial charge in [-0.25, -0.2) is 5.43 Å². The largest absolute Gasteiger partial charge is 0.366 e. The molecular weight excluding hydrogens is 364 g/mol. The minimum absolute atomic E-state index is 0.0295. The highest BCUT2D eigenvalue weighted by Gasteiger charge is 2.46. The number of fused-ring (bicyclic) bond motifs is 2. The Bertz CT molecular complexity index is 768. The third kappa shape index (κ3) is 3.02. The molecule has 0 radical (unpaired) electrons. The maximum atomic E-state index is 12.8. The van der Waals surface area contributed by atoms with Gasteiger partial charge in [0.15, 0.2) is 0 Å². The predicted molar refractivity (Wildman–Crippen MR) is 102 cm³/mol. The van der Waals surface area contributed by atoms with Crippen LogP contribution in [0, 0.1) is 11.8 Å². The normalized spacial score (nSPS) is 38.2. The molecule has 1 amide bonds. The highest BCUT2D eigenvalue weighted by Crippen LogP contribution is 2.38. The lowest BCUT2D eigenvalue weighted by Gasteiger charge is -2.38. The van der Waals surface area contributed by atoms with Gasteiger partial charge in [0.05, 0.1) is 10.9 Å². The lowest BCUT2D eigenvalue weighted by molar-refractivity contribution is -0.131. The zero-order valence-corrected chi connectivity index (χ0v) is 16.0. The van der Waals surface area contributed by atoms with E-state index >= 15 is 0 Å². The Hall–Kier alpha value is -1.67. The quantitative estimate of drug-likeness (QED) is 0.610. The van der Waals surface area contributed by atoms with Crippen molar-refractivity contribution in [2.75, 3.05) is 6.54 Å². The Morgan fingerprint density at radius 1 is 1.30 bits per heavy atom. The van der Waals surface area contributed by atoms with Gasteiger partial charge in [-0.3, -0.25) is 25.6 Å². The van der Waals surface area contributed by atoms with E-state index in [1.807, 2.05) is 12.1 Å². The second kappa shape index (κ2) is 6.74. The smallest absolute Gasteiger partial charge is 0.264 e. The van der Waals surface area contributed by atoms with Crippen molar-refractivity contribution in [2.24, 2.45) is 11.8 Å². The molecule has 0 bridgehead atoms. The molecule has 144 valence electrons. The molecule has 3 aliphatic heterocycles. The van der Waals surface area contributed by atoms with Crippen molar-refractivity contribution >= 4 is 17.5 Å². The summed E-state index contributed by atoms with van der Waals surface area (Å²) in [6.45, 7) is 3.10. The number of rotatable bonds is 2. The van der Waals surface area contributed by atoms with Crippen LogP contribution in [0.25, 0.3) is 0 Å². The molecule has 1 saturated carbocycles. The van der Waals surface area contributed by atoms with E-state index in [-0.39, 0.29) is 24.0 Å². The zero-order valence-electron chi connectivity index (χ0n) is 15.3. The van der Waals surface area contributed by atoms with E-state index in [0.717, 1.165) is 37.2 Å². The van der Waals surface area contributed by atoms with Gasteiger partial charge in [-0.2, -0.15) is 0 Å². The van der Waals surface area contributed by atoms with Crippen LogP contribution in [-0.4, -0.2) is 40.7 Å². The van der Waals surface area contributed by atoms with Gasteiger partial charge in [-0.15, -0.1) is 0 Å². The fourth-order valence-electron chi connectivity index (χ4n) is 5.11. The molecule has 3 fully saturated rings. The summed E-state index contributed by atoms with van der Waals surface area (Å²) in [6.07, 6.45) is 6.68. The number of hydrogen-bond donors (Lipinski definition) is 4. The maximum Gasteiger partial charge on any atom is 0.264 e. The average Bonchev–Trinajstić information content (AvgIpc) is 3.26. The van der Waals surface area contributed by atoms with Crippen molar-refractivity contribution < 1.29 is 4.79 Å². The number of halogens is 1. The number of nitrogens with one attached hydrogen (secondary N) is 4. The molecular formula is C19H25ClN6O. The highest BCUT2D eigenvalue weighted by atomic mass is 35.5. The van der Waals surface area contributed by atoms with Crippen LogP contribution in [-0.2, 0) is 4.79 Å². The van der Waals surface area contributed by atoms with Crippen LogP contribution in [0.5, 0.6) is 0 Å². The fourth-order valence-corrected chi connectivity index (χ4v) is 5.22. The number of carbonyl (C=O) groups is 1. The van der Waals surface area contributed by atoms with E-state index in [2.05, 4.69) is 33.5 Å². The van der Waals surface area contributed by atoms with E-state index in [9.17, 15) is 4.79 Å². The first-order valence-corrected chi connectivity index (χ1v) is 10.2. The molecule has 5 rings (SSSR count). The summed E-state index contributed by atoms with van der Waals surface area (Å²) in [5, 5.41) is 6.02. The second-order valence-electron chi connectivity index (χ2n) is 8.14. The molecule has 4 aliphatic rings. The first-order chi connectivity index (χ1) is 13.1. The summed E-state index contributed by atoms with van der Waals surface area (Å²) in [5.74, 6) is 1.14. The average molecular weight is 389 g/mol. The molecule has 0 aromatic carbocycles. The van der Waals surface area contributed by atoms with Gasteiger partial charge in [0, 0.05) is 42.3 Å². The standard InChI is InChI=1S/C19H25ClN6O/c1-10-18(15-5-3-13(20)9-21-15)19-23-16(7-17(27)26(19)25-10)11-2-4-14-12(6-11)8-22-24-14/h3,5,7,9-12,14,18-19,22-25H,2,4,6,8H2,1H3. The van der Waals surface area contributed by atoms with Gasteiger partial charge in [-0.1, -0.05) is 11.6 Å². The van der Waals surface area contributed by atoms with Crippen LogP contribution in [0.3, 0.4) is 0 Å². The highest BCUT2D eigenvalue weighted by molar-refractivity contribution is 6.30. The lowest BCUT2D eigenvalue weighted by atomic mass is 9.77. The molecule has 1 aliphatic carbocycles. The van der Waals surface area contributed by atoms with Crippen LogP contribution in [0.2, 0.25) is 5.02 Å². The van der Waals surface area contributed by atoms with E-state index in [1.165, 1.54) is 0 Å². The minimum Gasteiger partial charge on any atom is -0.366 e. The number of allylic oxidation sites excluding steroid dienone is 1. The molecule has 27 heavy (non-hydrogen) atoms. The molecule has 7 nitrogen and oxygen atoms in total. The van der Waals surface area contributed by atoms with Crippen molar-refractivity contribution in [1.29, 1.82) is 0 Å². The van der Waals surface area contributed by atoms with E-state index in [1.54, 1.807) is 17.3 Å². The number of hydrazine groups is 2. The summed E-state index contributed by atoms with van der Waals surface area (Å²) in [6, 6.07) is 4.49. The van der Waals surface area contributed by atoms with Crippen LogP contribution in [0.4, 0.5) is 0 Å². The molecule has 6 unspecified atom stereocenters. The molecule has 4 heterocycles. The summed E-state index contributed by atoms with van der Waals surface area (Å²) in [4.78, 5) is 17.3.